The number of aromatic nitrogens is 1. The Kier molecular flexibility index (Phi) is 7.03. The smallest absolute Gasteiger partial charge is 0.150 e. The van der Waals surface area contributed by atoms with Gasteiger partial charge in [0, 0.05) is 23.4 Å². The molecular weight excluding hydrogens is 238 g/mol. The Labute approximate surface area is 107 Å². The molecule has 3 nitrogen and oxygen atoms in total. The second-order valence-corrected chi connectivity index (χ2v) is 6.21. The van der Waals surface area contributed by atoms with Gasteiger partial charge < -0.3 is 10.2 Å². The van der Waals surface area contributed by atoms with E-state index in [1.54, 1.807) is 11.3 Å². The van der Waals surface area contributed by atoms with Crippen LogP contribution in [0.2, 0.25) is 0 Å². The lowest BCUT2D eigenvalue weighted by Gasteiger charge is -2.09. The molecule has 0 aromatic carbocycles. The fraction of sp³-hybridized carbons (Fsp3) is 0.727. The zero-order valence-electron chi connectivity index (χ0n) is 10.3. The number of hydrogen-bond acceptors (Lipinski definition) is 5. The minimum atomic E-state index is 1.07. The van der Waals surface area contributed by atoms with Gasteiger partial charge in [0.1, 0.15) is 4.34 Å². The molecule has 0 amide bonds. The molecular formula is C11H21N3S2. The summed E-state index contributed by atoms with van der Waals surface area (Å²) in [6, 6.07) is 0. The van der Waals surface area contributed by atoms with Gasteiger partial charge in [-0.2, -0.15) is 0 Å². The summed E-state index contributed by atoms with van der Waals surface area (Å²) in [5.74, 6) is 1.11. The monoisotopic (exact) mass is 259 g/mol. The molecule has 0 aliphatic heterocycles. The molecule has 0 saturated heterocycles. The van der Waals surface area contributed by atoms with Crippen molar-refractivity contribution >= 4 is 23.1 Å². The van der Waals surface area contributed by atoms with Crippen LogP contribution in [0.15, 0.2) is 9.72 Å². The first kappa shape index (κ1) is 14.0. The van der Waals surface area contributed by atoms with E-state index >= 15 is 0 Å². The Morgan fingerprint density at radius 1 is 1.44 bits per heavy atom. The van der Waals surface area contributed by atoms with Crippen LogP contribution in [0.25, 0.3) is 0 Å². The number of aryl methyl sites for hydroxylation is 1. The van der Waals surface area contributed by atoms with Crippen molar-refractivity contribution < 1.29 is 0 Å². The van der Waals surface area contributed by atoms with E-state index in [4.69, 9.17) is 0 Å². The lowest BCUT2D eigenvalue weighted by Crippen LogP contribution is -2.23. The van der Waals surface area contributed by atoms with E-state index in [-0.39, 0.29) is 0 Å². The number of nitrogens with one attached hydrogen (secondary N) is 1. The van der Waals surface area contributed by atoms with Gasteiger partial charge in [-0.1, -0.05) is 11.8 Å². The van der Waals surface area contributed by atoms with Gasteiger partial charge in [-0.25, -0.2) is 4.98 Å². The minimum absolute atomic E-state index is 1.07. The first-order valence-electron chi connectivity index (χ1n) is 5.59. The van der Waals surface area contributed by atoms with Crippen molar-refractivity contribution in [3.8, 4) is 0 Å². The van der Waals surface area contributed by atoms with Crippen LogP contribution in [0.5, 0.6) is 0 Å². The number of rotatable bonds is 8. The quantitative estimate of drug-likeness (QED) is 0.571. The molecule has 1 heterocycles. The summed E-state index contributed by atoms with van der Waals surface area (Å²) in [5, 5.41) is 5.55. The largest absolute Gasteiger partial charge is 0.316 e. The second kappa shape index (κ2) is 8.06. The van der Waals surface area contributed by atoms with E-state index < -0.39 is 0 Å². The van der Waals surface area contributed by atoms with E-state index in [0.717, 1.165) is 31.1 Å². The van der Waals surface area contributed by atoms with Gasteiger partial charge in [-0.15, -0.1) is 11.3 Å². The summed E-state index contributed by atoms with van der Waals surface area (Å²) < 4.78 is 1.19. The predicted molar refractivity (Wildman–Crippen MR) is 73.6 cm³/mol. The zero-order valence-corrected chi connectivity index (χ0v) is 12.0. The molecule has 0 radical (unpaired) electrons. The van der Waals surface area contributed by atoms with Crippen molar-refractivity contribution in [2.45, 2.75) is 17.7 Å². The Bertz CT molecular complexity index is 287. The van der Waals surface area contributed by atoms with E-state index in [1.165, 1.54) is 10.8 Å². The maximum Gasteiger partial charge on any atom is 0.150 e. The Morgan fingerprint density at radius 3 is 2.88 bits per heavy atom. The number of hydrogen-bond donors (Lipinski definition) is 1. The van der Waals surface area contributed by atoms with Gasteiger partial charge in [0.15, 0.2) is 0 Å². The van der Waals surface area contributed by atoms with Crippen LogP contribution in [-0.2, 0) is 0 Å². The number of thioether (sulfide) groups is 1. The van der Waals surface area contributed by atoms with Gasteiger partial charge in [0.05, 0.1) is 0 Å². The van der Waals surface area contributed by atoms with Crippen LogP contribution in [0.1, 0.15) is 12.1 Å². The normalized spacial score (nSPS) is 11.2. The van der Waals surface area contributed by atoms with Crippen LogP contribution in [0.4, 0.5) is 0 Å². The zero-order chi connectivity index (χ0) is 11.8. The van der Waals surface area contributed by atoms with Crippen LogP contribution in [0.3, 0.4) is 0 Å². The first-order chi connectivity index (χ1) is 7.68. The van der Waals surface area contributed by atoms with Crippen molar-refractivity contribution in [1.29, 1.82) is 0 Å². The summed E-state index contributed by atoms with van der Waals surface area (Å²) in [7, 11) is 4.22. The third-order valence-electron chi connectivity index (χ3n) is 2.06. The highest BCUT2D eigenvalue weighted by Crippen LogP contribution is 2.21. The van der Waals surface area contributed by atoms with Crippen LogP contribution in [0, 0.1) is 6.92 Å². The van der Waals surface area contributed by atoms with E-state index in [2.05, 4.69) is 34.7 Å². The van der Waals surface area contributed by atoms with Crippen LogP contribution < -0.4 is 5.32 Å². The molecule has 1 aromatic rings. The summed E-state index contributed by atoms with van der Waals surface area (Å²) in [5.41, 5.74) is 1.13. The van der Waals surface area contributed by atoms with Crippen molar-refractivity contribution in [3.63, 3.8) is 0 Å². The molecule has 92 valence electrons. The maximum absolute atomic E-state index is 4.41. The van der Waals surface area contributed by atoms with E-state index in [1.807, 2.05) is 18.7 Å². The van der Waals surface area contributed by atoms with Gasteiger partial charge in [-0.05, 0) is 40.5 Å². The summed E-state index contributed by atoms with van der Waals surface area (Å²) in [4.78, 5) is 6.63. The lowest BCUT2D eigenvalue weighted by molar-refractivity contribution is 0.396. The maximum atomic E-state index is 4.41. The van der Waals surface area contributed by atoms with Crippen molar-refractivity contribution in [1.82, 2.24) is 15.2 Å². The Balaban J connectivity index is 1.92. The first-order valence-corrected chi connectivity index (χ1v) is 7.45. The molecule has 1 aromatic heterocycles. The van der Waals surface area contributed by atoms with E-state index in [9.17, 15) is 0 Å². The highest BCUT2D eigenvalue weighted by atomic mass is 32.2. The second-order valence-electron chi connectivity index (χ2n) is 4.01. The summed E-state index contributed by atoms with van der Waals surface area (Å²) in [6.45, 7) is 5.37. The molecule has 16 heavy (non-hydrogen) atoms. The summed E-state index contributed by atoms with van der Waals surface area (Å²) in [6.07, 6.45) is 1.22. The highest BCUT2D eigenvalue weighted by Gasteiger charge is 1.98. The SMILES string of the molecule is Cc1csc(SCCNCCCN(C)C)n1. The lowest BCUT2D eigenvalue weighted by atomic mass is 10.4. The highest BCUT2D eigenvalue weighted by molar-refractivity contribution is 8.01. The van der Waals surface area contributed by atoms with Crippen LogP contribution >= 0.6 is 23.1 Å². The Morgan fingerprint density at radius 2 is 2.25 bits per heavy atom. The third kappa shape index (κ3) is 6.48. The average Bonchev–Trinajstić information content (AvgIpc) is 2.62. The topological polar surface area (TPSA) is 28.2 Å². The predicted octanol–water partition coefficient (Wildman–Crippen LogP) is 2.08. The fourth-order valence-electron chi connectivity index (χ4n) is 1.25. The van der Waals surface area contributed by atoms with Gasteiger partial charge in [0.25, 0.3) is 0 Å². The molecule has 0 bridgehead atoms. The number of thiazole rings is 1. The molecule has 0 aliphatic rings. The average molecular weight is 259 g/mol. The molecule has 5 heteroatoms. The molecule has 0 atom stereocenters. The van der Waals surface area contributed by atoms with Gasteiger partial charge in [-0.3, -0.25) is 0 Å². The van der Waals surface area contributed by atoms with Gasteiger partial charge in [0.2, 0.25) is 0 Å². The molecule has 0 saturated carbocycles. The minimum Gasteiger partial charge on any atom is -0.316 e. The molecule has 0 spiro atoms. The molecule has 1 rings (SSSR count). The molecule has 0 unspecified atom stereocenters. The Hall–Kier alpha value is -0.100. The molecule has 0 aliphatic carbocycles. The summed E-state index contributed by atoms with van der Waals surface area (Å²) >= 11 is 3.58. The standard InChI is InChI=1S/C11H21N3S2/c1-10-9-16-11(13-10)15-8-6-12-5-4-7-14(2)3/h9,12H,4-8H2,1-3H3. The van der Waals surface area contributed by atoms with Gasteiger partial charge >= 0.3 is 0 Å². The van der Waals surface area contributed by atoms with Crippen molar-refractivity contribution in [2.75, 3.05) is 39.5 Å². The molecule has 0 fully saturated rings. The van der Waals surface area contributed by atoms with E-state index in [0.29, 0.717) is 0 Å². The van der Waals surface area contributed by atoms with Crippen LogP contribution in [-0.4, -0.2) is 49.4 Å². The van der Waals surface area contributed by atoms with Crippen molar-refractivity contribution in [2.24, 2.45) is 0 Å². The number of nitrogens with zero attached hydrogens (tertiary/aromatic N) is 2. The third-order valence-corrected chi connectivity index (χ3v) is 4.20. The molecule has 1 N–H and O–H groups in total. The van der Waals surface area contributed by atoms with Crippen molar-refractivity contribution in [3.05, 3.63) is 11.1 Å². The fourth-order valence-corrected chi connectivity index (χ4v) is 3.07.